The van der Waals surface area contributed by atoms with Crippen LogP contribution in [0.1, 0.15) is 30.8 Å². The van der Waals surface area contributed by atoms with Crippen molar-refractivity contribution in [2.45, 2.75) is 32.8 Å². The molecule has 1 aromatic carbocycles. The standard InChI is InChI=1S/C24H29ClN6O4/c1-16(2)35-22-9-17(3-4-27-15-24(33)31-5-7-34-8-6-31)20(25)11-21(22)30-23(32)10-18-13-29-19(12-26)14-28-18/h9,11,13-14,16,27H,3-8,10,15H2,1-2H3,(H,30,32). The van der Waals surface area contributed by atoms with Crippen molar-refractivity contribution in [1.82, 2.24) is 20.2 Å². The highest BCUT2D eigenvalue weighted by molar-refractivity contribution is 6.31. The topological polar surface area (TPSA) is 129 Å². The molecule has 35 heavy (non-hydrogen) atoms. The molecule has 0 radical (unpaired) electrons. The van der Waals surface area contributed by atoms with Crippen molar-refractivity contribution in [2.75, 3.05) is 44.7 Å². The van der Waals surface area contributed by atoms with E-state index in [1.54, 1.807) is 11.0 Å². The van der Waals surface area contributed by atoms with Crippen molar-refractivity contribution in [3.05, 3.63) is 46.5 Å². The lowest BCUT2D eigenvalue weighted by Gasteiger charge is -2.27. The van der Waals surface area contributed by atoms with Gasteiger partial charge in [0.05, 0.1) is 56.1 Å². The Labute approximate surface area is 209 Å². The number of amides is 2. The smallest absolute Gasteiger partial charge is 0.236 e. The van der Waals surface area contributed by atoms with Crippen LogP contribution >= 0.6 is 11.6 Å². The van der Waals surface area contributed by atoms with Crippen molar-refractivity contribution >= 4 is 29.1 Å². The number of benzene rings is 1. The van der Waals surface area contributed by atoms with Crippen LogP contribution in [0.2, 0.25) is 5.02 Å². The van der Waals surface area contributed by atoms with Gasteiger partial charge in [0.2, 0.25) is 11.8 Å². The summed E-state index contributed by atoms with van der Waals surface area (Å²) in [5, 5.41) is 15.3. The molecule has 0 saturated carbocycles. The van der Waals surface area contributed by atoms with Gasteiger partial charge in [0.15, 0.2) is 5.69 Å². The number of halogens is 1. The van der Waals surface area contributed by atoms with Crippen molar-refractivity contribution in [2.24, 2.45) is 0 Å². The molecule has 11 heteroatoms. The van der Waals surface area contributed by atoms with E-state index < -0.39 is 0 Å². The molecule has 0 atom stereocenters. The normalized spacial score (nSPS) is 13.4. The third kappa shape index (κ3) is 8.17. The molecule has 0 aliphatic carbocycles. The van der Waals surface area contributed by atoms with Crippen LogP contribution in [0.15, 0.2) is 24.5 Å². The Balaban J connectivity index is 1.60. The Hall–Kier alpha value is -3.26. The quantitative estimate of drug-likeness (QED) is 0.473. The Morgan fingerprint density at radius 1 is 1.26 bits per heavy atom. The number of carbonyl (C=O) groups is 2. The van der Waals surface area contributed by atoms with Crippen molar-refractivity contribution in [3.63, 3.8) is 0 Å². The van der Waals surface area contributed by atoms with Crippen LogP contribution in [0.5, 0.6) is 5.75 Å². The number of hydrogen-bond acceptors (Lipinski definition) is 8. The molecule has 2 aromatic rings. The Bertz CT molecular complexity index is 1060. The number of aromatic nitrogens is 2. The minimum Gasteiger partial charge on any atom is -0.489 e. The van der Waals surface area contributed by atoms with E-state index in [-0.39, 0.29) is 36.6 Å². The summed E-state index contributed by atoms with van der Waals surface area (Å²) >= 11 is 6.50. The van der Waals surface area contributed by atoms with Gasteiger partial charge < -0.3 is 25.0 Å². The van der Waals surface area contributed by atoms with Gasteiger partial charge in [-0.2, -0.15) is 5.26 Å². The van der Waals surface area contributed by atoms with Crippen LogP contribution in [0.3, 0.4) is 0 Å². The molecule has 1 fully saturated rings. The molecule has 1 saturated heterocycles. The number of ether oxygens (including phenoxy) is 2. The van der Waals surface area contributed by atoms with Gasteiger partial charge in [-0.1, -0.05) is 11.6 Å². The molecule has 2 heterocycles. The zero-order valence-electron chi connectivity index (χ0n) is 19.8. The van der Waals surface area contributed by atoms with E-state index >= 15 is 0 Å². The summed E-state index contributed by atoms with van der Waals surface area (Å²) in [5.41, 5.74) is 1.91. The maximum Gasteiger partial charge on any atom is 0.236 e. The zero-order valence-corrected chi connectivity index (χ0v) is 20.6. The lowest BCUT2D eigenvalue weighted by atomic mass is 10.1. The van der Waals surface area contributed by atoms with Crippen LogP contribution in [-0.4, -0.2) is 72.2 Å². The fraction of sp³-hybridized carbons (Fsp3) is 0.458. The molecule has 2 N–H and O–H groups in total. The van der Waals surface area contributed by atoms with E-state index in [2.05, 4.69) is 20.6 Å². The summed E-state index contributed by atoms with van der Waals surface area (Å²) in [4.78, 5) is 34.6. The largest absolute Gasteiger partial charge is 0.489 e. The third-order valence-corrected chi connectivity index (χ3v) is 5.51. The Morgan fingerprint density at radius 2 is 2.03 bits per heavy atom. The van der Waals surface area contributed by atoms with E-state index in [0.29, 0.717) is 61.4 Å². The molecule has 1 aliphatic heterocycles. The molecular formula is C24H29ClN6O4. The second-order valence-electron chi connectivity index (χ2n) is 8.26. The number of hydrogen-bond donors (Lipinski definition) is 2. The first-order valence-electron chi connectivity index (χ1n) is 11.4. The molecule has 1 aliphatic rings. The molecule has 10 nitrogen and oxygen atoms in total. The lowest BCUT2D eigenvalue weighted by Crippen LogP contribution is -2.44. The van der Waals surface area contributed by atoms with Gasteiger partial charge in [-0.25, -0.2) is 4.98 Å². The molecular weight excluding hydrogens is 472 g/mol. The van der Waals surface area contributed by atoms with Crippen LogP contribution in [0, 0.1) is 11.3 Å². The first-order valence-corrected chi connectivity index (χ1v) is 11.8. The molecule has 2 amide bonds. The van der Waals surface area contributed by atoms with Gasteiger partial charge in [0.1, 0.15) is 11.8 Å². The predicted octanol–water partition coefficient (Wildman–Crippen LogP) is 1.96. The van der Waals surface area contributed by atoms with Gasteiger partial charge in [-0.05, 0) is 44.5 Å². The molecule has 1 aromatic heterocycles. The van der Waals surface area contributed by atoms with Crippen LogP contribution in [-0.2, 0) is 27.2 Å². The average molecular weight is 501 g/mol. The minimum absolute atomic E-state index is 0.0136. The first kappa shape index (κ1) is 26.3. The highest BCUT2D eigenvalue weighted by atomic mass is 35.5. The van der Waals surface area contributed by atoms with Gasteiger partial charge in [-0.15, -0.1) is 0 Å². The van der Waals surface area contributed by atoms with Crippen molar-refractivity contribution in [1.29, 1.82) is 5.26 Å². The summed E-state index contributed by atoms with van der Waals surface area (Å²) in [7, 11) is 0. The van der Waals surface area contributed by atoms with Crippen LogP contribution in [0.4, 0.5) is 5.69 Å². The van der Waals surface area contributed by atoms with Gasteiger partial charge in [0.25, 0.3) is 0 Å². The summed E-state index contributed by atoms with van der Waals surface area (Å²) < 4.78 is 11.2. The van der Waals surface area contributed by atoms with Gasteiger partial charge in [-0.3, -0.25) is 14.6 Å². The fourth-order valence-corrected chi connectivity index (χ4v) is 3.70. The second kappa shape index (κ2) is 13.0. The summed E-state index contributed by atoms with van der Waals surface area (Å²) in [6.45, 7) is 6.98. The molecule has 0 spiro atoms. The summed E-state index contributed by atoms with van der Waals surface area (Å²) in [6.07, 6.45) is 3.17. The average Bonchev–Trinajstić information content (AvgIpc) is 2.84. The van der Waals surface area contributed by atoms with Gasteiger partial charge in [0, 0.05) is 18.1 Å². The highest BCUT2D eigenvalue weighted by Crippen LogP contribution is 2.32. The zero-order chi connectivity index (χ0) is 25.2. The third-order valence-electron chi connectivity index (χ3n) is 5.16. The maximum absolute atomic E-state index is 12.6. The number of anilines is 1. The van der Waals surface area contributed by atoms with Gasteiger partial charge >= 0.3 is 0 Å². The number of nitrogens with one attached hydrogen (secondary N) is 2. The number of morpholine rings is 1. The number of nitriles is 1. The van der Waals surface area contributed by atoms with Crippen molar-refractivity contribution in [3.8, 4) is 11.8 Å². The Morgan fingerprint density at radius 3 is 2.69 bits per heavy atom. The van der Waals surface area contributed by atoms with E-state index in [0.717, 1.165) is 5.56 Å². The molecule has 186 valence electrons. The Kier molecular flexibility index (Phi) is 9.78. The van der Waals surface area contributed by atoms with Crippen molar-refractivity contribution < 1.29 is 19.1 Å². The predicted molar refractivity (Wildman–Crippen MR) is 130 cm³/mol. The summed E-state index contributed by atoms with van der Waals surface area (Å²) in [5.74, 6) is 0.237. The number of carbonyl (C=O) groups excluding carboxylic acids is 2. The monoisotopic (exact) mass is 500 g/mol. The first-order chi connectivity index (χ1) is 16.9. The minimum atomic E-state index is -0.315. The lowest BCUT2D eigenvalue weighted by molar-refractivity contribution is -0.134. The summed E-state index contributed by atoms with van der Waals surface area (Å²) in [6, 6.07) is 5.36. The molecule has 0 bridgehead atoms. The van der Waals surface area contributed by atoms with E-state index in [9.17, 15) is 9.59 Å². The van der Waals surface area contributed by atoms with Crippen LogP contribution in [0.25, 0.3) is 0 Å². The highest BCUT2D eigenvalue weighted by Gasteiger charge is 2.17. The number of rotatable bonds is 10. The molecule has 3 rings (SSSR count). The van der Waals surface area contributed by atoms with Crippen LogP contribution < -0.4 is 15.4 Å². The van der Waals surface area contributed by atoms with E-state index in [4.69, 9.17) is 26.3 Å². The molecule has 0 unspecified atom stereocenters. The maximum atomic E-state index is 12.6. The van der Waals surface area contributed by atoms with E-state index in [1.807, 2.05) is 26.0 Å². The van der Waals surface area contributed by atoms with E-state index in [1.165, 1.54) is 12.4 Å². The fourth-order valence-electron chi connectivity index (χ4n) is 3.44. The SMILES string of the molecule is CC(C)Oc1cc(CCNCC(=O)N2CCOCC2)c(Cl)cc1NC(=O)Cc1cnc(C#N)cn1. The number of nitrogens with zero attached hydrogens (tertiary/aromatic N) is 4. The second-order valence-corrected chi connectivity index (χ2v) is 8.66.